The van der Waals surface area contributed by atoms with Gasteiger partial charge in [-0.15, -0.1) is 0 Å². The molecule has 3 unspecified atom stereocenters. The lowest BCUT2D eigenvalue weighted by Crippen LogP contribution is -2.60. The van der Waals surface area contributed by atoms with E-state index in [-0.39, 0.29) is 30.6 Å². The topological polar surface area (TPSA) is 125 Å². The predicted molar refractivity (Wildman–Crippen MR) is 124 cm³/mol. The van der Waals surface area contributed by atoms with Gasteiger partial charge in [0.05, 0.1) is 11.7 Å². The monoisotopic (exact) mass is 492 g/mol. The Balaban J connectivity index is 1.96. The van der Waals surface area contributed by atoms with Crippen molar-refractivity contribution in [3.8, 4) is 0 Å². The molecule has 0 radical (unpaired) electrons. The average Bonchev–Trinajstić information content (AvgIpc) is 3.09. The molecule has 0 aromatic heterocycles. The van der Waals surface area contributed by atoms with Gasteiger partial charge < -0.3 is 24.1 Å². The van der Waals surface area contributed by atoms with E-state index in [1.165, 1.54) is 20.8 Å². The second-order valence-corrected chi connectivity index (χ2v) is 10.5. The number of carbonyl (C=O) groups is 4. The number of cyclic esters (lactones) is 1. The first-order chi connectivity index (χ1) is 16.3. The van der Waals surface area contributed by atoms with Crippen LogP contribution >= 0.6 is 0 Å². The number of esters is 4. The Morgan fingerprint density at radius 3 is 2.40 bits per heavy atom. The van der Waals surface area contributed by atoms with Gasteiger partial charge in [-0.2, -0.15) is 0 Å². The van der Waals surface area contributed by atoms with Gasteiger partial charge in [-0.25, -0.2) is 4.79 Å². The largest absolute Gasteiger partial charge is 0.465 e. The van der Waals surface area contributed by atoms with Gasteiger partial charge in [0, 0.05) is 26.2 Å². The van der Waals surface area contributed by atoms with E-state index in [4.69, 9.17) is 18.9 Å². The highest BCUT2D eigenvalue weighted by molar-refractivity contribution is 5.92. The molecule has 9 nitrogen and oxygen atoms in total. The molecule has 1 saturated heterocycles. The summed E-state index contributed by atoms with van der Waals surface area (Å²) in [6, 6.07) is 0. The third kappa shape index (κ3) is 5.29. The third-order valence-corrected chi connectivity index (χ3v) is 8.13. The van der Waals surface area contributed by atoms with Crippen LogP contribution in [0.4, 0.5) is 0 Å². The van der Waals surface area contributed by atoms with Gasteiger partial charge in [-0.3, -0.25) is 14.4 Å². The minimum Gasteiger partial charge on any atom is -0.465 e. The molecule has 2 aliphatic carbocycles. The summed E-state index contributed by atoms with van der Waals surface area (Å²) in [4.78, 5) is 47.3. The van der Waals surface area contributed by atoms with Crippen molar-refractivity contribution in [3.63, 3.8) is 0 Å². The van der Waals surface area contributed by atoms with E-state index in [9.17, 15) is 24.3 Å². The Morgan fingerprint density at radius 1 is 1.14 bits per heavy atom. The number of ether oxygens (including phenoxy) is 4. The lowest BCUT2D eigenvalue weighted by Gasteiger charge is -2.61. The zero-order valence-electron chi connectivity index (χ0n) is 21.1. The highest BCUT2D eigenvalue weighted by atomic mass is 16.6. The summed E-state index contributed by atoms with van der Waals surface area (Å²) in [5, 5.41) is 11.0. The number of hydrogen-bond acceptors (Lipinski definition) is 9. The molecule has 0 spiro atoms. The quantitative estimate of drug-likeness (QED) is 0.258. The molecule has 1 heterocycles. The van der Waals surface area contributed by atoms with Crippen LogP contribution in [0, 0.1) is 22.7 Å². The summed E-state index contributed by atoms with van der Waals surface area (Å²) in [5.41, 5.74) is -0.177. The minimum absolute atomic E-state index is 0.0249. The third-order valence-electron chi connectivity index (χ3n) is 8.13. The van der Waals surface area contributed by atoms with Gasteiger partial charge in [-0.1, -0.05) is 26.5 Å². The van der Waals surface area contributed by atoms with Gasteiger partial charge in [0.25, 0.3) is 0 Å². The maximum atomic E-state index is 12.3. The molecule has 0 amide bonds. The Labute approximate surface area is 205 Å². The summed E-state index contributed by atoms with van der Waals surface area (Å²) >= 11 is 0. The molecule has 0 bridgehead atoms. The lowest BCUT2D eigenvalue weighted by atomic mass is 9.45. The number of allylic oxidation sites excluding steroid dienone is 1. The van der Waals surface area contributed by atoms with Crippen LogP contribution in [0.3, 0.4) is 0 Å². The molecule has 7 atom stereocenters. The van der Waals surface area contributed by atoms with Crippen LogP contribution in [0.15, 0.2) is 23.8 Å². The van der Waals surface area contributed by atoms with Gasteiger partial charge in [0.15, 0.2) is 6.10 Å². The van der Waals surface area contributed by atoms with Crippen molar-refractivity contribution in [2.24, 2.45) is 22.7 Å². The van der Waals surface area contributed by atoms with Crippen LogP contribution < -0.4 is 0 Å². The maximum absolute atomic E-state index is 12.3. The number of hydrogen-bond donors (Lipinski definition) is 1. The molecule has 194 valence electrons. The molecule has 2 saturated carbocycles. The van der Waals surface area contributed by atoms with E-state index >= 15 is 0 Å². The summed E-state index contributed by atoms with van der Waals surface area (Å²) in [6.07, 6.45) is 1.67. The first-order valence-corrected chi connectivity index (χ1v) is 12.0. The van der Waals surface area contributed by atoms with Crippen molar-refractivity contribution in [1.29, 1.82) is 0 Å². The smallest absolute Gasteiger partial charge is 0.337 e. The molecular formula is C26H36O9. The maximum Gasteiger partial charge on any atom is 0.337 e. The van der Waals surface area contributed by atoms with E-state index in [1.807, 2.05) is 6.92 Å². The second-order valence-electron chi connectivity index (χ2n) is 10.5. The standard InChI is InChI=1S/C26H36O9/c1-14-19(8-7-18-21(34-16(3)28)12-32-24(18)31)25(5)10-9-23(35-17(4)29)26(6,13-33-15(2)27)22(25)11-20(14)30/h7,19-23,30H,1,8-13H2,2-6H3/b18-7-/t19-,20?,21?,22?,23-,25+,26+/m1/s1. The SMILES string of the molecule is C=C1C(O)CC2[C@](C)(COC(C)=O)[C@H](OC(C)=O)CC[C@@]2(C)[C@@H]1C/C=C1\C(=O)OCC1OC(C)=O. The molecule has 9 heteroatoms. The highest BCUT2D eigenvalue weighted by Crippen LogP contribution is 2.62. The van der Waals surface area contributed by atoms with E-state index < -0.39 is 53.0 Å². The number of aliphatic hydroxyl groups is 1. The highest BCUT2D eigenvalue weighted by Gasteiger charge is 2.61. The fourth-order valence-corrected chi connectivity index (χ4v) is 6.39. The predicted octanol–water partition coefficient (Wildman–Crippen LogP) is 2.65. The zero-order chi connectivity index (χ0) is 26.1. The number of carbonyl (C=O) groups excluding carboxylic acids is 4. The van der Waals surface area contributed by atoms with Crippen LogP contribution in [-0.2, 0) is 38.1 Å². The van der Waals surface area contributed by atoms with Gasteiger partial charge in [0.1, 0.15) is 19.3 Å². The lowest BCUT2D eigenvalue weighted by molar-refractivity contribution is -0.196. The molecule has 0 aromatic rings. The molecule has 35 heavy (non-hydrogen) atoms. The molecule has 3 aliphatic rings. The van der Waals surface area contributed by atoms with Crippen molar-refractivity contribution in [1.82, 2.24) is 0 Å². The van der Waals surface area contributed by atoms with Crippen LogP contribution in [0.1, 0.15) is 60.3 Å². The van der Waals surface area contributed by atoms with E-state index in [1.54, 1.807) is 6.08 Å². The van der Waals surface area contributed by atoms with E-state index in [2.05, 4.69) is 13.5 Å². The zero-order valence-corrected chi connectivity index (χ0v) is 21.1. The summed E-state index contributed by atoms with van der Waals surface area (Å²) in [6.45, 7) is 12.2. The molecule has 0 aromatic carbocycles. The molecule has 3 rings (SSSR count). The summed E-state index contributed by atoms with van der Waals surface area (Å²) in [7, 11) is 0. The van der Waals surface area contributed by atoms with Crippen molar-refractivity contribution in [3.05, 3.63) is 23.8 Å². The summed E-state index contributed by atoms with van der Waals surface area (Å²) < 4.78 is 21.4. The molecule has 3 fully saturated rings. The van der Waals surface area contributed by atoms with Crippen LogP contribution in [-0.4, -0.2) is 60.5 Å². The van der Waals surface area contributed by atoms with Gasteiger partial charge in [-0.05, 0) is 48.5 Å². The van der Waals surface area contributed by atoms with Crippen molar-refractivity contribution in [2.45, 2.75) is 78.6 Å². The van der Waals surface area contributed by atoms with Gasteiger partial charge >= 0.3 is 23.9 Å². The van der Waals surface area contributed by atoms with Gasteiger partial charge in [0.2, 0.25) is 0 Å². The Morgan fingerprint density at radius 2 is 1.80 bits per heavy atom. The average molecular weight is 493 g/mol. The van der Waals surface area contributed by atoms with Crippen LogP contribution in [0.2, 0.25) is 0 Å². The van der Waals surface area contributed by atoms with Crippen LogP contribution in [0.25, 0.3) is 0 Å². The number of fused-ring (bicyclic) bond motifs is 1. The van der Waals surface area contributed by atoms with E-state index in [0.29, 0.717) is 31.3 Å². The first kappa shape index (κ1) is 26.9. The summed E-state index contributed by atoms with van der Waals surface area (Å²) in [5.74, 6) is -2.27. The Hall–Kier alpha value is -2.68. The molecule has 1 aliphatic heterocycles. The number of rotatable bonds is 6. The molecule has 1 N–H and O–H groups in total. The first-order valence-electron chi connectivity index (χ1n) is 12.0. The van der Waals surface area contributed by atoms with Crippen molar-refractivity contribution >= 4 is 23.9 Å². The fourth-order valence-electron chi connectivity index (χ4n) is 6.39. The van der Waals surface area contributed by atoms with E-state index in [0.717, 1.165) is 0 Å². The van der Waals surface area contributed by atoms with Crippen molar-refractivity contribution < 1.29 is 43.2 Å². The minimum atomic E-state index is -0.816. The normalized spacial score (nSPS) is 37.9. The molecular weight excluding hydrogens is 456 g/mol. The number of aliphatic hydroxyl groups excluding tert-OH is 1. The Bertz CT molecular complexity index is 937. The fraction of sp³-hybridized carbons (Fsp3) is 0.692. The van der Waals surface area contributed by atoms with Crippen molar-refractivity contribution in [2.75, 3.05) is 13.2 Å². The second kappa shape index (κ2) is 10.1. The van der Waals surface area contributed by atoms with Crippen LogP contribution in [0.5, 0.6) is 0 Å². The Kier molecular flexibility index (Phi) is 7.79.